The Morgan fingerprint density at radius 2 is 1.86 bits per heavy atom. The molecule has 0 spiro atoms. The molecule has 0 aromatic heterocycles. The number of hydrogen-bond donors (Lipinski definition) is 3. The van der Waals surface area contributed by atoms with Gasteiger partial charge < -0.3 is 9.84 Å². The Labute approximate surface area is 122 Å². The molecule has 114 valence electrons. The first-order valence-electron chi connectivity index (χ1n) is 6.57. The van der Waals surface area contributed by atoms with Crippen LogP contribution in [0.2, 0.25) is 0 Å². The van der Waals surface area contributed by atoms with Crippen LogP contribution in [0.4, 0.5) is 0 Å². The minimum Gasteiger partial charge on any atom is -0.493 e. The molecule has 0 atom stereocenters. The number of nitrogens with one attached hydrogen (secondary N) is 2. The van der Waals surface area contributed by atoms with Gasteiger partial charge in [-0.3, -0.25) is 25.2 Å². The van der Waals surface area contributed by atoms with Crippen molar-refractivity contribution in [2.45, 2.75) is 26.2 Å². The van der Waals surface area contributed by atoms with E-state index in [0.717, 1.165) is 6.42 Å². The third kappa shape index (κ3) is 5.94. The van der Waals surface area contributed by atoms with E-state index < -0.39 is 17.8 Å². The van der Waals surface area contributed by atoms with E-state index in [1.54, 1.807) is 24.3 Å². The molecule has 0 aliphatic rings. The highest BCUT2D eigenvalue weighted by molar-refractivity contribution is 5.97. The molecule has 7 nitrogen and oxygen atoms in total. The molecule has 3 N–H and O–H groups in total. The van der Waals surface area contributed by atoms with Gasteiger partial charge in [0.05, 0.1) is 18.6 Å². The number of carbonyl (C=O) groups is 3. The molecule has 0 radical (unpaired) electrons. The number of hydrazine groups is 1. The van der Waals surface area contributed by atoms with E-state index in [-0.39, 0.29) is 12.8 Å². The van der Waals surface area contributed by atoms with Crippen LogP contribution in [0, 0.1) is 0 Å². The summed E-state index contributed by atoms with van der Waals surface area (Å²) in [6, 6.07) is 6.66. The molecule has 0 unspecified atom stereocenters. The number of carboxylic acids is 1. The summed E-state index contributed by atoms with van der Waals surface area (Å²) in [6.07, 6.45) is 0.309. The van der Waals surface area contributed by atoms with Crippen LogP contribution in [-0.2, 0) is 9.59 Å². The molecule has 0 fully saturated rings. The lowest BCUT2D eigenvalue weighted by atomic mass is 10.2. The lowest BCUT2D eigenvalue weighted by molar-refractivity contribution is -0.138. The number of amides is 2. The number of hydrogen-bond acceptors (Lipinski definition) is 4. The molecule has 0 aliphatic heterocycles. The minimum absolute atomic E-state index is 0.205. The van der Waals surface area contributed by atoms with Crippen LogP contribution in [0.15, 0.2) is 24.3 Å². The minimum atomic E-state index is -1.07. The number of para-hydroxylation sites is 1. The van der Waals surface area contributed by atoms with Gasteiger partial charge in [-0.1, -0.05) is 19.1 Å². The maximum atomic E-state index is 11.9. The summed E-state index contributed by atoms with van der Waals surface area (Å²) in [5.41, 5.74) is 4.69. The molecule has 1 aromatic carbocycles. The van der Waals surface area contributed by atoms with E-state index in [1.165, 1.54) is 0 Å². The first-order valence-corrected chi connectivity index (χ1v) is 6.57. The molecule has 1 rings (SSSR count). The van der Waals surface area contributed by atoms with E-state index >= 15 is 0 Å². The van der Waals surface area contributed by atoms with Gasteiger partial charge in [-0.25, -0.2) is 0 Å². The number of carbonyl (C=O) groups excluding carboxylic acids is 2. The normalized spacial score (nSPS) is 9.76. The smallest absolute Gasteiger partial charge is 0.303 e. The van der Waals surface area contributed by atoms with Gasteiger partial charge in [-0.05, 0) is 18.6 Å². The lowest BCUT2D eigenvalue weighted by Crippen LogP contribution is -2.41. The van der Waals surface area contributed by atoms with Crippen molar-refractivity contribution in [2.75, 3.05) is 6.61 Å². The van der Waals surface area contributed by atoms with Gasteiger partial charge >= 0.3 is 5.97 Å². The van der Waals surface area contributed by atoms with E-state index in [2.05, 4.69) is 10.9 Å². The third-order valence-electron chi connectivity index (χ3n) is 2.47. The van der Waals surface area contributed by atoms with Gasteiger partial charge in [0.1, 0.15) is 5.75 Å². The number of ether oxygens (including phenoxy) is 1. The fourth-order valence-electron chi connectivity index (χ4n) is 1.47. The van der Waals surface area contributed by atoms with Crippen molar-refractivity contribution < 1.29 is 24.2 Å². The van der Waals surface area contributed by atoms with Crippen molar-refractivity contribution in [3.63, 3.8) is 0 Å². The van der Waals surface area contributed by atoms with Crippen LogP contribution in [0.5, 0.6) is 5.75 Å². The summed E-state index contributed by atoms with van der Waals surface area (Å²) in [4.78, 5) is 33.6. The van der Waals surface area contributed by atoms with Crippen molar-refractivity contribution in [1.29, 1.82) is 0 Å². The number of benzene rings is 1. The molecule has 21 heavy (non-hydrogen) atoms. The van der Waals surface area contributed by atoms with Gasteiger partial charge in [0, 0.05) is 6.42 Å². The Morgan fingerprint density at radius 3 is 2.52 bits per heavy atom. The molecule has 0 saturated heterocycles. The van der Waals surface area contributed by atoms with Crippen LogP contribution in [0.25, 0.3) is 0 Å². The molecule has 2 amide bonds. The summed E-state index contributed by atoms with van der Waals surface area (Å²) in [7, 11) is 0. The fourth-order valence-corrected chi connectivity index (χ4v) is 1.47. The van der Waals surface area contributed by atoms with E-state index in [9.17, 15) is 14.4 Å². The number of aliphatic carboxylic acids is 1. The van der Waals surface area contributed by atoms with Crippen LogP contribution in [0.1, 0.15) is 36.5 Å². The molecule has 0 bridgehead atoms. The third-order valence-corrected chi connectivity index (χ3v) is 2.47. The highest BCUT2D eigenvalue weighted by atomic mass is 16.5. The Bertz CT molecular complexity index is 516. The van der Waals surface area contributed by atoms with Gasteiger partial charge in [0.25, 0.3) is 5.91 Å². The SMILES string of the molecule is CCCOc1ccccc1C(=O)NNC(=O)CCC(=O)O. The van der Waals surface area contributed by atoms with Gasteiger partial charge in [-0.15, -0.1) is 0 Å². The summed E-state index contributed by atoms with van der Waals surface area (Å²) in [5.74, 6) is -1.74. The second-order valence-corrected chi connectivity index (χ2v) is 4.24. The summed E-state index contributed by atoms with van der Waals surface area (Å²) in [6.45, 7) is 2.43. The molecular formula is C14H18N2O5. The molecule has 0 saturated carbocycles. The maximum absolute atomic E-state index is 11.9. The largest absolute Gasteiger partial charge is 0.493 e. The zero-order valence-electron chi connectivity index (χ0n) is 11.7. The van der Waals surface area contributed by atoms with Crippen LogP contribution in [-0.4, -0.2) is 29.5 Å². The zero-order valence-corrected chi connectivity index (χ0v) is 11.7. The Balaban J connectivity index is 2.55. The Hall–Kier alpha value is -2.57. The molecule has 0 aliphatic carbocycles. The summed E-state index contributed by atoms with van der Waals surface area (Å²) in [5, 5.41) is 8.45. The zero-order chi connectivity index (χ0) is 15.7. The van der Waals surface area contributed by atoms with Crippen molar-refractivity contribution >= 4 is 17.8 Å². The topological polar surface area (TPSA) is 105 Å². The second kappa shape index (κ2) is 8.57. The Morgan fingerprint density at radius 1 is 1.14 bits per heavy atom. The van der Waals surface area contributed by atoms with Crippen molar-refractivity contribution in [3.8, 4) is 5.75 Å². The van der Waals surface area contributed by atoms with Gasteiger partial charge in [0.2, 0.25) is 5.91 Å². The van der Waals surface area contributed by atoms with Gasteiger partial charge in [0.15, 0.2) is 0 Å². The van der Waals surface area contributed by atoms with E-state index in [0.29, 0.717) is 17.9 Å². The van der Waals surface area contributed by atoms with Crippen LogP contribution in [0.3, 0.4) is 0 Å². The first kappa shape index (κ1) is 16.5. The standard InChI is InChI=1S/C14H18N2O5/c1-2-9-21-11-6-4-3-5-10(11)14(20)16-15-12(17)7-8-13(18)19/h3-6H,2,7-9H2,1H3,(H,15,17)(H,16,20)(H,18,19). The monoisotopic (exact) mass is 294 g/mol. The summed E-state index contributed by atoms with van der Waals surface area (Å²) < 4.78 is 5.44. The maximum Gasteiger partial charge on any atom is 0.303 e. The quantitative estimate of drug-likeness (QED) is 0.653. The lowest BCUT2D eigenvalue weighted by Gasteiger charge is -2.11. The first-order chi connectivity index (χ1) is 10.0. The second-order valence-electron chi connectivity index (χ2n) is 4.24. The Kier molecular flexibility index (Phi) is 6.73. The number of rotatable bonds is 7. The average molecular weight is 294 g/mol. The van der Waals surface area contributed by atoms with Crippen molar-refractivity contribution in [1.82, 2.24) is 10.9 Å². The predicted molar refractivity (Wildman–Crippen MR) is 74.7 cm³/mol. The van der Waals surface area contributed by atoms with E-state index in [1.807, 2.05) is 6.92 Å². The van der Waals surface area contributed by atoms with Crippen molar-refractivity contribution in [3.05, 3.63) is 29.8 Å². The van der Waals surface area contributed by atoms with Crippen molar-refractivity contribution in [2.24, 2.45) is 0 Å². The predicted octanol–water partition coefficient (Wildman–Crippen LogP) is 1.10. The summed E-state index contributed by atoms with van der Waals surface area (Å²) >= 11 is 0. The highest BCUT2D eigenvalue weighted by Crippen LogP contribution is 2.17. The molecular weight excluding hydrogens is 276 g/mol. The molecule has 7 heteroatoms. The van der Waals surface area contributed by atoms with Crippen LogP contribution < -0.4 is 15.6 Å². The molecule has 1 aromatic rings. The average Bonchev–Trinajstić information content (AvgIpc) is 2.48. The number of carboxylic acid groups (broad SMARTS) is 1. The van der Waals surface area contributed by atoms with Crippen LogP contribution >= 0.6 is 0 Å². The van der Waals surface area contributed by atoms with Gasteiger partial charge in [-0.2, -0.15) is 0 Å². The fraction of sp³-hybridized carbons (Fsp3) is 0.357. The van der Waals surface area contributed by atoms with E-state index in [4.69, 9.17) is 9.84 Å². The highest BCUT2D eigenvalue weighted by Gasteiger charge is 2.13. The molecule has 0 heterocycles.